The first-order valence-corrected chi connectivity index (χ1v) is 21.4. The molecule has 0 fully saturated rings. The van der Waals surface area contributed by atoms with Crippen LogP contribution in [0.25, 0.3) is 106 Å². The van der Waals surface area contributed by atoms with E-state index in [4.69, 9.17) is 19.4 Å². The molecule has 0 aliphatic heterocycles. The first-order valence-electron chi connectivity index (χ1n) is 21.4. The second-order valence-corrected chi connectivity index (χ2v) is 16.7. The molecule has 0 unspecified atom stereocenters. The Labute approximate surface area is 362 Å². The number of hydrogen-bond donors (Lipinski definition) is 0. The highest BCUT2D eigenvalue weighted by atomic mass is 16.3. The Morgan fingerprint density at radius 1 is 0.349 bits per heavy atom. The van der Waals surface area contributed by atoms with E-state index in [1.54, 1.807) is 0 Å². The van der Waals surface area contributed by atoms with Crippen LogP contribution in [-0.2, 0) is 5.41 Å². The van der Waals surface area contributed by atoms with Gasteiger partial charge in [-0.2, -0.15) is 9.97 Å². The molecule has 0 N–H and O–H groups in total. The van der Waals surface area contributed by atoms with E-state index >= 15 is 0 Å². The highest BCUT2D eigenvalue weighted by Gasteiger charge is 2.51. The summed E-state index contributed by atoms with van der Waals surface area (Å²) in [6.07, 6.45) is 0. The Hall–Kier alpha value is -8.41. The smallest absolute Gasteiger partial charge is 0.238 e. The van der Waals surface area contributed by atoms with Gasteiger partial charge in [0.2, 0.25) is 5.95 Å². The summed E-state index contributed by atoms with van der Waals surface area (Å²) in [6.45, 7) is 0. The zero-order chi connectivity index (χ0) is 41.2. The third-order valence-electron chi connectivity index (χ3n) is 13.5. The summed E-state index contributed by atoms with van der Waals surface area (Å²) in [5.41, 5.74) is 17.4. The lowest BCUT2D eigenvalue weighted by atomic mass is 9.70. The van der Waals surface area contributed by atoms with Crippen LogP contribution in [-0.4, -0.2) is 19.5 Å². The highest BCUT2D eigenvalue weighted by Crippen LogP contribution is 2.63. The van der Waals surface area contributed by atoms with E-state index in [0.29, 0.717) is 17.6 Å². The molecule has 0 atom stereocenters. The molecule has 0 saturated carbocycles. The third-order valence-corrected chi connectivity index (χ3v) is 13.5. The van der Waals surface area contributed by atoms with Crippen LogP contribution in [0.1, 0.15) is 22.3 Å². The van der Waals surface area contributed by atoms with Gasteiger partial charge in [-0.25, -0.2) is 4.98 Å². The van der Waals surface area contributed by atoms with Crippen LogP contribution in [0.15, 0.2) is 211 Å². The zero-order valence-electron chi connectivity index (χ0n) is 33.8. The SMILES string of the molecule is c1ccc(-c2nc(-c3cc(-c4ccccc4)c4c(c3)oc3ccccc34)nc(-n3c4ccccc4c4cc5c(cc43)C3(c4ccccc4-c4ccccc43)c3ccccc3-5)n2)cc1. The van der Waals surface area contributed by atoms with E-state index in [9.17, 15) is 0 Å². The fourth-order valence-corrected chi connectivity index (χ4v) is 10.9. The molecule has 5 heteroatoms. The van der Waals surface area contributed by atoms with Crippen LogP contribution in [0.3, 0.4) is 0 Å². The van der Waals surface area contributed by atoms with Crippen molar-refractivity contribution in [2.24, 2.45) is 0 Å². The second kappa shape index (κ2) is 12.8. The average Bonchev–Trinajstić information content (AvgIpc) is 4.07. The van der Waals surface area contributed by atoms with Crippen molar-refractivity contribution in [3.05, 3.63) is 229 Å². The summed E-state index contributed by atoms with van der Waals surface area (Å²) < 4.78 is 8.85. The van der Waals surface area contributed by atoms with Crippen LogP contribution in [0.2, 0.25) is 0 Å². The number of aromatic nitrogens is 4. The Bertz CT molecular complexity index is 3820. The average molecular weight is 803 g/mol. The van der Waals surface area contributed by atoms with E-state index in [1.165, 1.54) is 44.5 Å². The van der Waals surface area contributed by atoms with Crippen molar-refractivity contribution in [3.8, 4) is 62.1 Å². The van der Waals surface area contributed by atoms with Crippen molar-refractivity contribution >= 4 is 43.7 Å². The maximum Gasteiger partial charge on any atom is 0.238 e. The van der Waals surface area contributed by atoms with Gasteiger partial charge in [0.05, 0.1) is 16.4 Å². The summed E-state index contributed by atoms with van der Waals surface area (Å²) in [4.78, 5) is 16.1. The minimum Gasteiger partial charge on any atom is -0.456 e. The monoisotopic (exact) mass is 802 g/mol. The number of benzene rings is 9. The van der Waals surface area contributed by atoms with E-state index in [0.717, 1.165) is 66.0 Å². The summed E-state index contributed by atoms with van der Waals surface area (Å²) >= 11 is 0. The molecule has 292 valence electrons. The topological polar surface area (TPSA) is 56.7 Å². The molecule has 9 aromatic carbocycles. The van der Waals surface area contributed by atoms with Crippen LogP contribution in [0.5, 0.6) is 0 Å². The van der Waals surface area contributed by atoms with Gasteiger partial charge in [0.1, 0.15) is 11.2 Å². The molecule has 1 spiro atoms. The quantitative estimate of drug-likeness (QED) is 0.178. The fraction of sp³-hybridized carbons (Fsp3) is 0.0172. The number of fused-ring (bicyclic) bond motifs is 16. The van der Waals surface area contributed by atoms with Crippen molar-refractivity contribution in [1.29, 1.82) is 0 Å². The maximum absolute atomic E-state index is 6.60. The number of para-hydroxylation sites is 2. The van der Waals surface area contributed by atoms with Crippen molar-refractivity contribution in [3.63, 3.8) is 0 Å². The van der Waals surface area contributed by atoms with Crippen molar-refractivity contribution in [2.45, 2.75) is 5.41 Å². The summed E-state index contributed by atoms with van der Waals surface area (Å²) in [6, 6.07) is 73.7. The van der Waals surface area contributed by atoms with Gasteiger partial charge in [-0.05, 0) is 92.0 Å². The molecule has 2 aliphatic carbocycles. The number of hydrogen-bond acceptors (Lipinski definition) is 4. The Kier molecular flexibility index (Phi) is 6.97. The summed E-state index contributed by atoms with van der Waals surface area (Å²) in [5, 5.41) is 4.43. The first kappa shape index (κ1) is 34.3. The Balaban J connectivity index is 1.08. The van der Waals surface area contributed by atoms with Crippen LogP contribution < -0.4 is 0 Å². The maximum atomic E-state index is 6.60. The first-order chi connectivity index (χ1) is 31.2. The minimum atomic E-state index is -0.496. The van der Waals surface area contributed by atoms with Crippen LogP contribution in [0.4, 0.5) is 0 Å². The lowest BCUT2D eigenvalue weighted by Gasteiger charge is -2.30. The van der Waals surface area contributed by atoms with Crippen molar-refractivity contribution < 1.29 is 4.42 Å². The van der Waals surface area contributed by atoms with Crippen LogP contribution >= 0.6 is 0 Å². The minimum absolute atomic E-state index is 0.496. The Morgan fingerprint density at radius 2 is 0.905 bits per heavy atom. The molecule has 2 aliphatic rings. The Morgan fingerprint density at radius 3 is 1.60 bits per heavy atom. The molecule has 14 rings (SSSR count). The predicted molar refractivity (Wildman–Crippen MR) is 254 cm³/mol. The van der Waals surface area contributed by atoms with Crippen molar-refractivity contribution in [2.75, 3.05) is 0 Å². The molecule has 3 heterocycles. The van der Waals surface area contributed by atoms with Gasteiger partial charge in [-0.15, -0.1) is 0 Å². The normalized spacial score (nSPS) is 13.2. The predicted octanol–water partition coefficient (Wildman–Crippen LogP) is 14.2. The molecule has 5 nitrogen and oxygen atoms in total. The van der Waals surface area contributed by atoms with Crippen molar-refractivity contribution in [1.82, 2.24) is 19.5 Å². The van der Waals surface area contributed by atoms with Gasteiger partial charge in [0.15, 0.2) is 11.6 Å². The summed E-state index contributed by atoms with van der Waals surface area (Å²) in [7, 11) is 0. The molecule has 63 heavy (non-hydrogen) atoms. The number of furan rings is 1. The molecule has 0 bridgehead atoms. The van der Waals surface area contributed by atoms with Gasteiger partial charge in [-0.1, -0.05) is 170 Å². The lowest BCUT2D eigenvalue weighted by molar-refractivity contribution is 0.669. The second-order valence-electron chi connectivity index (χ2n) is 16.7. The largest absolute Gasteiger partial charge is 0.456 e. The molecular formula is C58H34N4O. The molecule has 0 amide bonds. The molecule has 0 radical (unpaired) electrons. The van der Waals surface area contributed by atoms with E-state index < -0.39 is 5.41 Å². The van der Waals surface area contributed by atoms with Gasteiger partial charge in [0.25, 0.3) is 0 Å². The number of rotatable bonds is 4. The van der Waals surface area contributed by atoms with Gasteiger partial charge in [0, 0.05) is 32.7 Å². The molecule has 0 saturated heterocycles. The zero-order valence-corrected chi connectivity index (χ0v) is 33.8. The van der Waals surface area contributed by atoms with E-state index in [1.807, 2.05) is 36.4 Å². The van der Waals surface area contributed by atoms with E-state index in [-0.39, 0.29) is 0 Å². The summed E-state index contributed by atoms with van der Waals surface area (Å²) in [5.74, 6) is 1.71. The third kappa shape index (κ3) is 4.68. The standard InChI is InChI=1S/C58H34N4O/c1-3-17-35(18-4-1)43-31-37(32-53-54(43)42-25-11-16-30-52(42)63-53)56-59-55(36-19-5-2-6-20-36)60-57(61-56)62-50-29-15-10-24-41(50)45-33-44-40-23-9-14-28-48(40)58(49(44)34-51(45)62)46-26-12-7-21-38(46)39-22-8-13-27-47(39)58/h1-34H. The molecular weight excluding hydrogens is 769 g/mol. The molecule has 12 aromatic rings. The van der Waals surface area contributed by atoms with Gasteiger partial charge in [-0.3, -0.25) is 4.57 Å². The number of nitrogens with zero attached hydrogens (tertiary/aromatic N) is 4. The highest BCUT2D eigenvalue weighted by molar-refractivity contribution is 6.14. The lowest BCUT2D eigenvalue weighted by Crippen LogP contribution is -2.25. The molecule has 3 aromatic heterocycles. The van der Waals surface area contributed by atoms with E-state index in [2.05, 4.69) is 174 Å². The fourth-order valence-electron chi connectivity index (χ4n) is 10.9. The van der Waals surface area contributed by atoms with Gasteiger partial charge >= 0.3 is 0 Å². The van der Waals surface area contributed by atoms with Gasteiger partial charge < -0.3 is 4.42 Å². The van der Waals surface area contributed by atoms with Crippen LogP contribution in [0, 0.1) is 0 Å².